The van der Waals surface area contributed by atoms with Crippen LogP contribution in [0.5, 0.6) is 0 Å². The lowest BCUT2D eigenvalue weighted by atomic mass is 10.2. The molecule has 1 unspecified atom stereocenters. The van der Waals surface area contributed by atoms with Gasteiger partial charge >= 0.3 is 23.7 Å². The molecule has 0 bridgehead atoms. The summed E-state index contributed by atoms with van der Waals surface area (Å²) in [5.41, 5.74) is 0. The van der Waals surface area contributed by atoms with Crippen molar-refractivity contribution in [1.82, 2.24) is 0 Å². The molecule has 0 saturated carbocycles. The normalized spacial score (nSPS) is 30.4. The van der Waals surface area contributed by atoms with Crippen molar-refractivity contribution < 1.29 is 57.1 Å². The Bertz CT molecular complexity index is 555. The molecule has 0 fully saturated rings. The van der Waals surface area contributed by atoms with Crippen LogP contribution >= 0.6 is 0 Å². The van der Waals surface area contributed by atoms with Crippen molar-refractivity contribution in [3.63, 3.8) is 0 Å². The highest BCUT2D eigenvalue weighted by molar-refractivity contribution is 5.29. The quantitative estimate of drug-likeness (QED) is 0.489. The van der Waals surface area contributed by atoms with E-state index in [9.17, 15) is 57.1 Å². The van der Waals surface area contributed by atoms with Crippen molar-refractivity contribution in [2.45, 2.75) is 36.3 Å². The van der Waals surface area contributed by atoms with Crippen LogP contribution in [0.1, 0.15) is 6.42 Å². The fourth-order valence-corrected chi connectivity index (χ4v) is 1.44. The molecule has 0 aromatic rings. The first-order valence-electron chi connectivity index (χ1n) is 5.27. The van der Waals surface area contributed by atoms with Gasteiger partial charge in [0, 0.05) is 0 Å². The average Bonchev–Trinajstić information content (AvgIpc) is 2.61. The summed E-state index contributed by atoms with van der Waals surface area (Å²) in [6.07, 6.45) is -5.75. The molecule has 0 saturated heterocycles. The second kappa shape index (κ2) is 5.30. The van der Waals surface area contributed by atoms with E-state index in [4.69, 9.17) is 0 Å². The van der Waals surface area contributed by atoms with E-state index >= 15 is 0 Å². The number of halogens is 13. The highest BCUT2D eigenvalue weighted by Crippen LogP contribution is 2.53. The van der Waals surface area contributed by atoms with Crippen molar-refractivity contribution in [1.29, 1.82) is 0 Å². The van der Waals surface area contributed by atoms with Gasteiger partial charge in [-0.1, -0.05) is 0 Å². The van der Waals surface area contributed by atoms with E-state index in [1.165, 1.54) is 0 Å². The van der Waals surface area contributed by atoms with Gasteiger partial charge in [-0.3, -0.25) is 0 Å². The summed E-state index contributed by atoms with van der Waals surface area (Å²) < 4.78 is 155. The first kappa shape index (κ1) is 19.6. The van der Waals surface area contributed by atoms with Gasteiger partial charge < -0.3 is 0 Å². The van der Waals surface area contributed by atoms with Crippen LogP contribution in [-0.4, -0.2) is 29.9 Å². The second-order valence-corrected chi connectivity index (χ2v) is 4.40. The zero-order chi connectivity index (χ0) is 18.6. The molecular weight excluding hydrogens is 367 g/mol. The Balaban J connectivity index is 0.000000231. The highest BCUT2D eigenvalue weighted by atomic mass is 19.3. The first-order chi connectivity index (χ1) is 10.0. The number of alkyl halides is 9. The molecule has 0 heterocycles. The van der Waals surface area contributed by atoms with Crippen LogP contribution in [0.2, 0.25) is 0 Å². The first-order valence-corrected chi connectivity index (χ1v) is 5.27. The largest absolute Gasteiger partial charge is 0.366 e. The van der Waals surface area contributed by atoms with Gasteiger partial charge in [-0.25, -0.2) is 22.0 Å². The van der Waals surface area contributed by atoms with Crippen LogP contribution < -0.4 is 0 Å². The standard InChI is InChI=1S/C5HF7.C5H2F6/c6-1-2(7)4(9,10)5(11,12)3(1)8;6-2-1-4(8,9)5(10,11)3(2)7/h2H;1H2. The van der Waals surface area contributed by atoms with E-state index in [1.54, 1.807) is 0 Å². The molecule has 2 rings (SSSR count). The maximum absolute atomic E-state index is 12.0. The van der Waals surface area contributed by atoms with Gasteiger partial charge in [-0.05, 0) is 0 Å². The van der Waals surface area contributed by atoms with Crippen LogP contribution in [0.15, 0.2) is 23.3 Å². The molecule has 1 atom stereocenters. The molecule has 0 amide bonds. The van der Waals surface area contributed by atoms with Crippen LogP contribution in [0.25, 0.3) is 0 Å². The lowest BCUT2D eigenvalue weighted by molar-refractivity contribution is -0.204. The van der Waals surface area contributed by atoms with E-state index in [0.29, 0.717) is 0 Å². The molecule has 0 radical (unpaired) electrons. The van der Waals surface area contributed by atoms with E-state index < -0.39 is 59.6 Å². The summed E-state index contributed by atoms with van der Waals surface area (Å²) in [7, 11) is 0. The molecule has 0 aromatic carbocycles. The summed E-state index contributed by atoms with van der Waals surface area (Å²) in [5.74, 6) is -30.8. The summed E-state index contributed by atoms with van der Waals surface area (Å²) >= 11 is 0. The molecule has 13 heteroatoms. The van der Waals surface area contributed by atoms with Gasteiger partial charge in [0.1, 0.15) is 5.83 Å². The predicted octanol–water partition coefficient (Wildman–Crippen LogP) is 5.57. The van der Waals surface area contributed by atoms with Crippen LogP contribution in [0.4, 0.5) is 57.1 Å². The Hall–Kier alpha value is -1.43. The minimum atomic E-state index is -5.38. The lowest BCUT2D eigenvalue weighted by Gasteiger charge is -2.18. The van der Waals surface area contributed by atoms with Gasteiger partial charge in [0.2, 0.25) is 17.8 Å². The third kappa shape index (κ3) is 2.67. The second-order valence-electron chi connectivity index (χ2n) is 4.40. The molecule has 2 aliphatic carbocycles. The Morgan fingerprint density at radius 3 is 1.22 bits per heavy atom. The molecule has 0 aliphatic heterocycles. The van der Waals surface area contributed by atoms with Crippen molar-refractivity contribution in [2.24, 2.45) is 0 Å². The smallest absolute Gasteiger partial charge is 0.233 e. The number of hydrogen-bond acceptors (Lipinski definition) is 0. The Kier molecular flexibility index (Phi) is 4.52. The molecule has 0 spiro atoms. The Labute approximate surface area is 118 Å². The zero-order valence-electron chi connectivity index (χ0n) is 10.2. The van der Waals surface area contributed by atoms with Crippen molar-refractivity contribution in [2.75, 3.05) is 0 Å². The Morgan fingerprint density at radius 1 is 0.696 bits per heavy atom. The van der Waals surface area contributed by atoms with E-state index in [0.717, 1.165) is 0 Å². The van der Waals surface area contributed by atoms with Gasteiger partial charge in [0.05, 0.1) is 6.42 Å². The zero-order valence-corrected chi connectivity index (χ0v) is 10.2. The van der Waals surface area contributed by atoms with E-state index in [1.807, 2.05) is 0 Å². The molecule has 0 nitrogen and oxygen atoms in total. The van der Waals surface area contributed by atoms with Gasteiger partial charge in [0.25, 0.3) is 0 Å². The maximum Gasteiger partial charge on any atom is 0.366 e. The minimum Gasteiger partial charge on any atom is -0.233 e. The SMILES string of the molecule is FC1=C(F)C(F)(F)C(F)(F)C1.FC1=C(F)C(F)(F)C(F)(F)C1F. The molecular formula is C10H3F13. The number of rotatable bonds is 0. The summed E-state index contributed by atoms with van der Waals surface area (Å²) in [5, 5.41) is 0. The summed E-state index contributed by atoms with van der Waals surface area (Å²) in [4.78, 5) is 0. The number of allylic oxidation sites excluding steroid dienone is 4. The monoisotopic (exact) mass is 370 g/mol. The maximum atomic E-state index is 12.0. The minimum absolute atomic E-state index is 1.86. The topological polar surface area (TPSA) is 0 Å². The van der Waals surface area contributed by atoms with Gasteiger partial charge in [-0.2, -0.15) is 35.1 Å². The van der Waals surface area contributed by atoms with E-state index in [-0.39, 0.29) is 0 Å². The summed E-state index contributed by atoms with van der Waals surface area (Å²) in [6.45, 7) is 0. The van der Waals surface area contributed by atoms with Crippen molar-refractivity contribution in [3.05, 3.63) is 23.3 Å². The predicted molar refractivity (Wildman–Crippen MR) is 47.8 cm³/mol. The van der Waals surface area contributed by atoms with Crippen LogP contribution in [0.3, 0.4) is 0 Å². The molecule has 0 N–H and O–H groups in total. The molecule has 23 heavy (non-hydrogen) atoms. The van der Waals surface area contributed by atoms with Crippen LogP contribution in [-0.2, 0) is 0 Å². The summed E-state index contributed by atoms with van der Waals surface area (Å²) in [6, 6.07) is 0. The molecule has 0 aromatic heterocycles. The third-order valence-corrected chi connectivity index (χ3v) is 2.80. The van der Waals surface area contributed by atoms with E-state index in [2.05, 4.69) is 0 Å². The third-order valence-electron chi connectivity index (χ3n) is 2.80. The average molecular weight is 370 g/mol. The van der Waals surface area contributed by atoms with Gasteiger partial charge in [-0.15, -0.1) is 0 Å². The fourth-order valence-electron chi connectivity index (χ4n) is 1.44. The highest BCUT2D eigenvalue weighted by Gasteiger charge is 2.72. The van der Waals surface area contributed by atoms with Crippen LogP contribution in [0, 0.1) is 0 Å². The molecule has 2 aliphatic rings. The fraction of sp³-hybridized carbons (Fsp3) is 0.600. The van der Waals surface area contributed by atoms with Crippen molar-refractivity contribution in [3.8, 4) is 0 Å². The lowest BCUT2D eigenvalue weighted by Crippen LogP contribution is -2.42. The number of hydrogen-bond donors (Lipinski definition) is 0. The molecule has 134 valence electrons. The Morgan fingerprint density at radius 2 is 1.13 bits per heavy atom. The van der Waals surface area contributed by atoms with Gasteiger partial charge in [0.15, 0.2) is 5.83 Å². The van der Waals surface area contributed by atoms with Crippen molar-refractivity contribution >= 4 is 0 Å².